The van der Waals surface area contributed by atoms with Gasteiger partial charge in [-0.3, -0.25) is 14.4 Å². The molecule has 0 aliphatic heterocycles. The Morgan fingerprint density at radius 2 is 1.85 bits per heavy atom. The lowest BCUT2D eigenvalue weighted by Crippen LogP contribution is -2.17. The Balaban J connectivity index is 2.22. The van der Waals surface area contributed by atoms with Crippen LogP contribution < -0.4 is 11.1 Å². The minimum absolute atomic E-state index is 0.160. The number of benzene rings is 1. The summed E-state index contributed by atoms with van der Waals surface area (Å²) < 4.78 is 0. The second-order valence-corrected chi connectivity index (χ2v) is 6.84. The van der Waals surface area contributed by atoms with E-state index < -0.39 is 17.8 Å². The second kappa shape index (κ2) is 9.15. The van der Waals surface area contributed by atoms with Gasteiger partial charge in [0.15, 0.2) is 0 Å². The van der Waals surface area contributed by atoms with Gasteiger partial charge in [0.2, 0.25) is 5.91 Å². The van der Waals surface area contributed by atoms with E-state index in [4.69, 9.17) is 10.8 Å². The Bertz CT molecular complexity index is 796. The summed E-state index contributed by atoms with van der Waals surface area (Å²) in [6.07, 6.45) is 2.83. The standard InChI is InChI=1S/C19H22N2O4S/c1-2-3-4-12-5-7-13(8-6-12)14-11-26-19(17(14)18(20)25)21-15(22)9-10-16(23)24/h5-8,11H,2-4,9-10H2,1H3,(H2,20,25)(H,21,22)(H,23,24). The lowest BCUT2D eigenvalue weighted by molar-refractivity contribution is -0.138. The number of nitrogens with one attached hydrogen (secondary N) is 1. The number of carbonyl (C=O) groups excluding carboxylic acids is 2. The highest BCUT2D eigenvalue weighted by molar-refractivity contribution is 7.15. The quantitative estimate of drug-likeness (QED) is 0.622. The molecule has 2 rings (SSSR count). The van der Waals surface area contributed by atoms with Crippen molar-refractivity contribution in [3.05, 3.63) is 40.8 Å². The number of thiophene rings is 1. The number of nitrogens with two attached hydrogens (primary N) is 1. The van der Waals surface area contributed by atoms with Crippen molar-refractivity contribution in [1.82, 2.24) is 0 Å². The third-order valence-corrected chi connectivity index (χ3v) is 4.84. The molecule has 1 aromatic heterocycles. The maximum Gasteiger partial charge on any atom is 0.303 e. The molecule has 0 saturated heterocycles. The first-order valence-corrected chi connectivity index (χ1v) is 9.32. The van der Waals surface area contributed by atoms with Crippen molar-refractivity contribution in [1.29, 1.82) is 0 Å². The van der Waals surface area contributed by atoms with E-state index in [0.29, 0.717) is 10.6 Å². The predicted octanol–water partition coefficient (Wildman–Crippen LogP) is 3.66. The van der Waals surface area contributed by atoms with Gasteiger partial charge in [0.1, 0.15) is 5.00 Å². The Morgan fingerprint density at radius 3 is 2.42 bits per heavy atom. The molecule has 7 heteroatoms. The van der Waals surface area contributed by atoms with E-state index in [1.54, 1.807) is 5.38 Å². The van der Waals surface area contributed by atoms with Crippen LogP contribution in [0.25, 0.3) is 11.1 Å². The third-order valence-electron chi connectivity index (χ3n) is 3.94. The molecular formula is C19H22N2O4S. The molecule has 0 saturated carbocycles. The van der Waals surface area contributed by atoms with Gasteiger partial charge in [0, 0.05) is 17.4 Å². The Morgan fingerprint density at radius 1 is 1.15 bits per heavy atom. The molecule has 0 spiro atoms. The normalized spacial score (nSPS) is 10.5. The van der Waals surface area contributed by atoms with Gasteiger partial charge in [-0.1, -0.05) is 37.6 Å². The molecule has 4 N–H and O–H groups in total. The Labute approximate surface area is 156 Å². The van der Waals surface area contributed by atoms with E-state index in [2.05, 4.69) is 12.2 Å². The molecule has 0 radical (unpaired) electrons. The molecule has 6 nitrogen and oxygen atoms in total. The zero-order valence-electron chi connectivity index (χ0n) is 14.6. The van der Waals surface area contributed by atoms with Crippen LogP contribution in [0.4, 0.5) is 5.00 Å². The number of primary amides is 1. The first-order chi connectivity index (χ1) is 12.4. The number of carboxylic acids is 1. The van der Waals surface area contributed by atoms with Crippen LogP contribution in [-0.2, 0) is 16.0 Å². The number of anilines is 1. The van der Waals surface area contributed by atoms with Gasteiger partial charge in [-0.25, -0.2) is 0 Å². The van der Waals surface area contributed by atoms with E-state index in [0.717, 1.165) is 24.8 Å². The molecule has 1 heterocycles. The lowest BCUT2D eigenvalue weighted by Gasteiger charge is -2.07. The topological polar surface area (TPSA) is 109 Å². The first-order valence-electron chi connectivity index (χ1n) is 8.44. The summed E-state index contributed by atoms with van der Waals surface area (Å²) >= 11 is 1.20. The summed E-state index contributed by atoms with van der Waals surface area (Å²) in [5.41, 5.74) is 8.51. The highest BCUT2D eigenvalue weighted by atomic mass is 32.1. The summed E-state index contributed by atoms with van der Waals surface area (Å²) in [4.78, 5) is 34.3. The minimum atomic E-state index is -1.05. The summed E-state index contributed by atoms with van der Waals surface area (Å²) in [7, 11) is 0. The van der Waals surface area contributed by atoms with Gasteiger partial charge in [-0.15, -0.1) is 11.3 Å². The van der Waals surface area contributed by atoms with Gasteiger partial charge in [-0.05, 0) is 24.0 Å². The number of carboxylic acid groups (broad SMARTS) is 1. The molecule has 0 unspecified atom stereocenters. The van der Waals surface area contributed by atoms with E-state index >= 15 is 0 Å². The minimum Gasteiger partial charge on any atom is -0.481 e. The predicted molar refractivity (Wildman–Crippen MR) is 102 cm³/mol. The SMILES string of the molecule is CCCCc1ccc(-c2csc(NC(=O)CCC(=O)O)c2C(N)=O)cc1. The number of hydrogen-bond donors (Lipinski definition) is 3. The smallest absolute Gasteiger partial charge is 0.303 e. The average molecular weight is 374 g/mol. The fourth-order valence-electron chi connectivity index (χ4n) is 2.55. The van der Waals surface area contributed by atoms with Crippen molar-refractivity contribution in [2.24, 2.45) is 5.73 Å². The fourth-order valence-corrected chi connectivity index (χ4v) is 3.54. The van der Waals surface area contributed by atoms with Crippen molar-refractivity contribution in [3.63, 3.8) is 0 Å². The maximum absolute atomic E-state index is 11.9. The van der Waals surface area contributed by atoms with Crippen LogP contribution in [0, 0.1) is 0 Å². The number of rotatable bonds is 9. The van der Waals surface area contributed by atoms with Crippen molar-refractivity contribution < 1.29 is 19.5 Å². The van der Waals surface area contributed by atoms with E-state index in [1.807, 2.05) is 24.3 Å². The van der Waals surface area contributed by atoms with E-state index in [-0.39, 0.29) is 18.4 Å². The van der Waals surface area contributed by atoms with Crippen LogP contribution >= 0.6 is 11.3 Å². The van der Waals surface area contributed by atoms with Crippen LogP contribution in [0.1, 0.15) is 48.5 Å². The molecule has 0 atom stereocenters. The van der Waals surface area contributed by atoms with Gasteiger partial charge < -0.3 is 16.2 Å². The average Bonchev–Trinajstić information content (AvgIpc) is 3.02. The van der Waals surface area contributed by atoms with Gasteiger partial charge in [0.05, 0.1) is 12.0 Å². The number of hydrogen-bond acceptors (Lipinski definition) is 4. The summed E-state index contributed by atoms with van der Waals surface area (Å²) in [6, 6.07) is 7.93. The van der Waals surface area contributed by atoms with Crippen LogP contribution in [0.3, 0.4) is 0 Å². The number of amides is 2. The summed E-state index contributed by atoms with van der Waals surface area (Å²) in [5, 5.41) is 13.4. The van der Waals surface area contributed by atoms with Crippen LogP contribution in [0.2, 0.25) is 0 Å². The fraction of sp³-hybridized carbons (Fsp3) is 0.316. The van der Waals surface area contributed by atoms with Crippen molar-refractivity contribution in [2.45, 2.75) is 39.0 Å². The highest BCUT2D eigenvalue weighted by Gasteiger charge is 2.20. The van der Waals surface area contributed by atoms with Gasteiger partial charge in [-0.2, -0.15) is 0 Å². The molecule has 2 aromatic rings. The lowest BCUT2D eigenvalue weighted by atomic mass is 10.0. The van der Waals surface area contributed by atoms with Gasteiger partial charge in [0.25, 0.3) is 5.91 Å². The molecule has 0 fully saturated rings. The molecule has 138 valence electrons. The van der Waals surface area contributed by atoms with Crippen LogP contribution in [0.15, 0.2) is 29.6 Å². The number of aliphatic carboxylic acids is 1. The zero-order valence-corrected chi connectivity index (χ0v) is 15.4. The van der Waals surface area contributed by atoms with Crippen LogP contribution in [-0.4, -0.2) is 22.9 Å². The summed E-state index contributed by atoms with van der Waals surface area (Å²) in [5.74, 6) is -2.15. The molecule has 2 amide bonds. The monoisotopic (exact) mass is 374 g/mol. The molecule has 26 heavy (non-hydrogen) atoms. The van der Waals surface area contributed by atoms with Gasteiger partial charge >= 0.3 is 5.97 Å². The third kappa shape index (κ3) is 5.16. The summed E-state index contributed by atoms with van der Waals surface area (Å²) in [6.45, 7) is 2.14. The second-order valence-electron chi connectivity index (χ2n) is 5.96. The molecule has 0 aliphatic rings. The Kier molecular flexibility index (Phi) is 6.91. The maximum atomic E-state index is 11.9. The van der Waals surface area contributed by atoms with Crippen molar-refractivity contribution >= 4 is 34.1 Å². The number of carbonyl (C=O) groups is 3. The first kappa shape index (κ1) is 19.7. The molecule has 1 aromatic carbocycles. The largest absolute Gasteiger partial charge is 0.481 e. The molecular weight excluding hydrogens is 352 g/mol. The van der Waals surface area contributed by atoms with Crippen molar-refractivity contribution in [3.8, 4) is 11.1 Å². The number of aryl methyl sites for hydroxylation is 1. The zero-order chi connectivity index (χ0) is 19.1. The molecule has 0 bridgehead atoms. The van der Waals surface area contributed by atoms with Crippen LogP contribution in [0.5, 0.6) is 0 Å². The van der Waals surface area contributed by atoms with Crippen molar-refractivity contribution in [2.75, 3.05) is 5.32 Å². The molecule has 0 aliphatic carbocycles. The van der Waals surface area contributed by atoms with E-state index in [1.165, 1.54) is 16.9 Å². The van der Waals surface area contributed by atoms with E-state index in [9.17, 15) is 14.4 Å². The highest BCUT2D eigenvalue weighted by Crippen LogP contribution is 2.35. The Hall–Kier alpha value is -2.67. The number of unbranched alkanes of at least 4 members (excludes halogenated alkanes) is 1.